The highest BCUT2D eigenvalue weighted by molar-refractivity contribution is 5.77. The van der Waals surface area contributed by atoms with Gasteiger partial charge in [0.15, 0.2) is 0 Å². The van der Waals surface area contributed by atoms with Crippen LogP contribution in [0.25, 0.3) is 11.1 Å². The van der Waals surface area contributed by atoms with Gasteiger partial charge in [-0.3, -0.25) is 0 Å². The normalized spacial score (nSPS) is 10.3. The summed E-state index contributed by atoms with van der Waals surface area (Å²) in [5.41, 5.74) is 8.72. The molecule has 0 heterocycles. The molecule has 0 aliphatic heterocycles. The van der Waals surface area contributed by atoms with Crippen LogP contribution >= 0.6 is 0 Å². The Kier molecular flexibility index (Phi) is 5.06. The summed E-state index contributed by atoms with van der Waals surface area (Å²) in [5, 5.41) is 0. The minimum atomic E-state index is 0.612. The van der Waals surface area contributed by atoms with Crippen molar-refractivity contribution >= 4 is 0 Å². The number of hydrogen-bond donors (Lipinski definition) is 1. The summed E-state index contributed by atoms with van der Waals surface area (Å²) >= 11 is 0. The zero-order valence-corrected chi connectivity index (χ0v) is 12.7. The number of rotatable bonds is 6. The van der Waals surface area contributed by atoms with Crippen LogP contribution in [0.2, 0.25) is 0 Å². The lowest BCUT2D eigenvalue weighted by Gasteiger charge is -2.15. The van der Waals surface area contributed by atoms with Crippen LogP contribution in [0.5, 0.6) is 17.2 Å². The van der Waals surface area contributed by atoms with E-state index in [-0.39, 0.29) is 0 Å². The number of nitrogens with two attached hydrogens (primary N) is 1. The maximum absolute atomic E-state index is 5.65. The molecule has 0 amide bonds. The molecule has 2 aromatic rings. The molecule has 0 spiro atoms. The summed E-state index contributed by atoms with van der Waals surface area (Å²) in [4.78, 5) is 0. The highest BCUT2D eigenvalue weighted by atomic mass is 16.5. The molecule has 0 bridgehead atoms. The van der Waals surface area contributed by atoms with E-state index in [0.29, 0.717) is 6.54 Å². The summed E-state index contributed by atoms with van der Waals surface area (Å²) in [6, 6.07) is 11.8. The van der Waals surface area contributed by atoms with Crippen LogP contribution in [0.3, 0.4) is 0 Å². The lowest BCUT2D eigenvalue weighted by molar-refractivity contribution is 0.402. The fourth-order valence-electron chi connectivity index (χ4n) is 2.31. The van der Waals surface area contributed by atoms with Gasteiger partial charge in [0.1, 0.15) is 17.2 Å². The van der Waals surface area contributed by atoms with E-state index < -0.39 is 0 Å². The predicted octanol–water partition coefficient (Wildman–Crippen LogP) is 2.88. The van der Waals surface area contributed by atoms with E-state index in [1.165, 1.54) is 0 Å². The molecular weight excluding hydrogens is 266 g/mol. The zero-order valence-electron chi connectivity index (χ0n) is 12.7. The summed E-state index contributed by atoms with van der Waals surface area (Å²) in [5.74, 6) is 2.35. The van der Waals surface area contributed by atoms with Gasteiger partial charge in [-0.25, -0.2) is 0 Å². The second kappa shape index (κ2) is 6.99. The second-order valence-electron chi connectivity index (χ2n) is 4.64. The zero-order chi connectivity index (χ0) is 15.2. The van der Waals surface area contributed by atoms with Crippen LogP contribution in [0.1, 0.15) is 5.56 Å². The molecule has 2 rings (SSSR count). The van der Waals surface area contributed by atoms with Gasteiger partial charge in [-0.05, 0) is 48.9 Å². The lowest BCUT2D eigenvalue weighted by atomic mass is 9.99. The summed E-state index contributed by atoms with van der Waals surface area (Å²) in [6.45, 7) is 0.612. The number of methoxy groups -OCH3 is 3. The van der Waals surface area contributed by atoms with Gasteiger partial charge >= 0.3 is 0 Å². The third-order valence-corrected chi connectivity index (χ3v) is 3.39. The van der Waals surface area contributed by atoms with Crippen LogP contribution in [-0.4, -0.2) is 27.9 Å². The first-order chi connectivity index (χ1) is 10.2. The Labute approximate surface area is 125 Å². The van der Waals surface area contributed by atoms with Gasteiger partial charge < -0.3 is 19.9 Å². The molecule has 0 aromatic heterocycles. The van der Waals surface area contributed by atoms with Crippen molar-refractivity contribution in [3.8, 4) is 28.4 Å². The Morgan fingerprint density at radius 1 is 0.810 bits per heavy atom. The smallest absolute Gasteiger partial charge is 0.127 e. The first-order valence-corrected chi connectivity index (χ1v) is 6.82. The predicted molar refractivity (Wildman–Crippen MR) is 84.3 cm³/mol. The van der Waals surface area contributed by atoms with Gasteiger partial charge in [0.05, 0.1) is 21.3 Å². The van der Waals surface area contributed by atoms with E-state index in [2.05, 4.69) is 6.07 Å². The van der Waals surface area contributed by atoms with Crippen molar-refractivity contribution in [3.63, 3.8) is 0 Å². The second-order valence-corrected chi connectivity index (χ2v) is 4.64. The van der Waals surface area contributed by atoms with Crippen molar-refractivity contribution in [3.05, 3.63) is 42.0 Å². The topological polar surface area (TPSA) is 53.7 Å². The van der Waals surface area contributed by atoms with Gasteiger partial charge in [0, 0.05) is 11.1 Å². The molecule has 0 radical (unpaired) electrons. The molecule has 0 atom stereocenters. The Morgan fingerprint density at radius 3 is 2.00 bits per heavy atom. The van der Waals surface area contributed by atoms with E-state index in [9.17, 15) is 0 Å². The number of hydrogen-bond acceptors (Lipinski definition) is 4. The first kappa shape index (κ1) is 15.2. The average molecular weight is 287 g/mol. The Hall–Kier alpha value is -2.20. The van der Waals surface area contributed by atoms with Crippen molar-refractivity contribution in [1.29, 1.82) is 0 Å². The lowest BCUT2D eigenvalue weighted by Crippen LogP contribution is -2.03. The Bertz CT molecular complexity index is 611. The van der Waals surface area contributed by atoms with Gasteiger partial charge in [0.25, 0.3) is 0 Å². The minimum Gasteiger partial charge on any atom is -0.497 e. The molecule has 4 heteroatoms. The van der Waals surface area contributed by atoms with Gasteiger partial charge in [-0.1, -0.05) is 6.07 Å². The maximum atomic E-state index is 5.65. The van der Waals surface area contributed by atoms with Crippen LogP contribution < -0.4 is 19.9 Å². The molecular formula is C17H21NO3. The van der Waals surface area contributed by atoms with Gasteiger partial charge in [0.2, 0.25) is 0 Å². The van der Waals surface area contributed by atoms with Crippen molar-refractivity contribution < 1.29 is 14.2 Å². The fourth-order valence-corrected chi connectivity index (χ4v) is 2.31. The highest BCUT2D eigenvalue weighted by Gasteiger charge is 2.13. The van der Waals surface area contributed by atoms with Crippen molar-refractivity contribution in [2.45, 2.75) is 6.42 Å². The molecule has 0 saturated carbocycles. The van der Waals surface area contributed by atoms with Crippen LogP contribution in [0.15, 0.2) is 36.4 Å². The van der Waals surface area contributed by atoms with Gasteiger partial charge in [-0.2, -0.15) is 0 Å². The minimum absolute atomic E-state index is 0.612. The third-order valence-electron chi connectivity index (χ3n) is 3.39. The number of benzene rings is 2. The summed E-state index contributed by atoms with van der Waals surface area (Å²) in [7, 11) is 4.96. The van der Waals surface area contributed by atoms with E-state index in [4.69, 9.17) is 19.9 Å². The van der Waals surface area contributed by atoms with E-state index in [0.717, 1.165) is 40.4 Å². The molecule has 0 fully saturated rings. The molecule has 0 saturated heterocycles. The molecule has 21 heavy (non-hydrogen) atoms. The largest absolute Gasteiger partial charge is 0.497 e. The standard InChI is InChI=1S/C17H21NO3/c1-19-13-5-7-17(21-3)15(11-13)14-10-12(8-9-18)4-6-16(14)20-2/h4-7,10-11H,8-9,18H2,1-3H3. The molecule has 4 nitrogen and oxygen atoms in total. The van der Waals surface area contributed by atoms with E-state index in [1.807, 2.05) is 30.3 Å². The Morgan fingerprint density at radius 2 is 1.43 bits per heavy atom. The molecule has 112 valence electrons. The average Bonchev–Trinajstić information content (AvgIpc) is 2.54. The SMILES string of the molecule is COc1ccc(OC)c(-c2cc(CCN)ccc2OC)c1. The van der Waals surface area contributed by atoms with Crippen LogP contribution in [0.4, 0.5) is 0 Å². The molecule has 2 aromatic carbocycles. The summed E-state index contributed by atoms with van der Waals surface area (Å²) < 4.78 is 16.3. The molecule has 0 aliphatic rings. The molecule has 0 aliphatic carbocycles. The van der Waals surface area contributed by atoms with Crippen molar-refractivity contribution in [2.24, 2.45) is 5.73 Å². The van der Waals surface area contributed by atoms with E-state index >= 15 is 0 Å². The monoisotopic (exact) mass is 287 g/mol. The van der Waals surface area contributed by atoms with Crippen LogP contribution in [-0.2, 0) is 6.42 Å². The number of ether oxygens (including phenoxy) is 3. The van der Waals surface area contributed by atoms with E-state index in [1.54, 1.807) is 21.3 Å². The van der Waals surface area contributed by atoms with Crippen LogP contribution in [0, 0.1) is 0 Å². The fraction of sp³-hybridized carbons (Fsp3) is 0.294. The molecule has 0 unspecified atom stereocenters. The quantitative estimate of drug-likeness (QED) is 0.887. The highest BCUT2D eigenvalue weighted by Crippen LogP contribution is 2.39. The summed E-state index contributed by atoms with van der Waals surface area (Å²) in [6.07, 6.45) is 0.823. The Balaban J connectivity index is 2.60. The maximum Gasteiger partial charge on any atom is 0.127 e. The molecule has 2 N–H and O–H groups in total. The third kappa shape index (κ3) is 3.28. The van der Waals surface area contributed by atoms with Gasteiger partial charge in [-0.15, -0.1) is 0 Å². The van der Waals surface area contributed by atoms with Crippen molar-refractivity contribution in [1.82, 2.24) is 0 Å². The van der Waals surface area contributed by atoms with Crippen molar-refractivity contribution in [2.75, 3.05) is 27.9 Å². The first-order valence-electron chi connectivity index (χ1n) is 6.82.